The third-order valence-electron chi connectivity index (χ3n) is 8.97. The number of nitrogens with zero attached hydrogens (tertiary/aromatic N) is 4. The molecule has 4 rings (SSSR count). The molecular formula is C35H39F5N4O8. The minimum atomic E-state index is -1.82. The largest absolute Gasteiger partial charge is 0.508 e. The van der Waals surface area contributed by atoms with E-state index < -0.39 is 74.0 Å². The first kappa shape index (κ1) is 40.2. The van der Waals surface area contributed by atoms with E-state index in [1.807, 2.05) is 49.1 Å². The van der Waals surface area contributed by atoms with Gasteiger partial charge in [0.1, 0.15) is 11.5 Å². The highest BCUT2D eigenvalue weighted by Gasteiger charge is 2.58. The summed E-state index contributed by atoms with van der Waals surface area (Å²) in [6, 6.07) is 1.54. The molecule has 0 saturated heterocycles. The summed E-state index contributed by atoms with van der Waals surface area (Å²) in [7, 11) is 0. The van der Waals surface area contributed by atoms with Crippen LogP contribution in [0.4, 0.5) is 27.6 Å². The molecule has 0 saturated carbocycles. The molecule has 1 atom stereocenters. The van der Waals surface area contributed by atoms with Crippen LogP contribution in [0.1, 0.15) is 30.5 Å². The van der Waals surface area contributed by atoms with Crippen molar-refractivity contribution in [2.45, 2.75) is 31.5 Å². The summed E-state index contributed by atoms with van der Waals surface area (Å²) in [5, 5.41) is 10.6. The number of rotatable bonds is 21. The van der Waals surface area contributed by atoms with Crippen LogP contribution in [0.5, 0.6) is 11.5 Å². The number of carbonyl (C=O) groups excluding carboxylic acids is 5. The second-order valence-electron chi connectivity index (χ2n) is 13.0. The highest BCUT2D eigenvalue weighted by atomic mass is 19.2. The Bertz CT molecular complexity index is 1680. The van der Waals surface area contributed by atoms with Crippen LogP contribution in [-0.2, 0) is 40.7 Å². The summed E-state index contributed by atoms with van der Waals surface area (Å²) in [4.78, 5) is 60.6. The number of phenolic OH excluding ortho intramolecular Hbond substituents is 1. The number of benzene rings is 2. The van der Waals surface area contributed by atoms with Crippen molar-refractivity contribution in [3.63, 3.8) is 0 Å². The van der Waals surface area contributed by atoms with E-state index in [2.05, 4.69) is 0 Å². The third-order valence-corrected chi connectivity index (χ3v) is 8.97. The number of fused-ring (bicyclic) bond motifs is 2. The third kappa shape index (κ3) is 9.84. The average Bonchev–Trinajstić information content (AvgIpc) is 3.20. The topological polar surface area (TPSA) is 137 Å². The second-order valence-corrected chi connectivity index (χ2v) is 13.0. The highest BCUT2D eigenvalue weighted by molar-refractivity contribution is 5.75. The van der Waals surface area contributed by atoms with Crippen LogP contribution in [0.15, 0.2) is 42.5 Å². The Morgan fingerprint density at radius 3 is 1.90 bits per heavy atom. The quantitative estimate of drug-likeness (QED) is 0.115. The SMILES string of the molecule is CC1(C)c2ccccc2N(CCOCCN(CC(=O)F)CC(=O)F)C12C=Cc1cc(O)cc(CN(CCN(CC(=O)F)CC(=O)F)CC(=O)F)c1O2. The maximum atomic E-state index is 13.8. The van der Waals surface area contributed by atoms with E-state index in [9.17, 15) is 51.0 Å². The van der Waals surface area contributed by atoms with E-state index in [0.29, 0.717) is 11.1 Å². The lowest BCUT2D eigenvalue weighted by molar-refractivity contribution is -0.135. The summed E-state index contributed by atoms with van der Waals surface area (Å²) in [5.74, 6) is 0.106. The molecule has 1 N–H and O–H groups in total. The van der Waals surface area contributed by atoms with Crippen molar-refractivity contribution in [3.8, 4) is 11.5 Å². The molecule has 0 aromatic heterocycles. The van der Waals surface area contributed by atoms with Gasteiger partial charge in [-0.25, -0.2) is 0 Å². The summed E-state index contributed by atoms with van der Waals surface area (Å²) in [5.41, 5.74) is 0.501. The molecule has 0 amide bonds. The standard InChI is InChI=1S/C35H39F5N4O8/c1-34(2)26-5-3-4-6-27(26)44(12-14-51-13-11-43(21-31(39)49)22-32(40)50)35(34)8-7-23-15-25(45)16-24(33(23)52-35)17-41(18-28(36)46)9-10-42(19-29(37)47)20-30(38)48/h3-8,15-16,45H,9-14,17-22H2,1-2H3. The summed E-state index contributed by atoms with van der Waals surface area (Å²) < 4.78 is 78.6. The molecule has 0 radical (unpaired) electrons. The van der Waals surface area contributed by atoms with E-state index in [4.69, 9.17) is 9.47 Å². The fraction of sp³-hybridized carbons (Fsp3) is 0.457. The Morgan fingerprint density at radius 1 is 0.769 bits per heavy atom. The van der Waals surface area contributed by atoms with Gasteiger partial charge >= 0.3 is 30.2 Å². The van der Waals surface area contributed by atoms with E-state index >= 15 is 0 Å². The molecule has 17 heteroatoms. The zero-order valence-electron chi connectivity index (χ0n) is 28.6. The van der Waals surface area contributed by atoms with Crippen molar-refractivity contribution < 1.29 is 60.5 Å². The molecule has 1 unspecified atom stereocenters. The zero-order valence-corrected chi connectivity index (χ0v) is 28.6. The number of aromatic hydroxyl groups is 1. The van der Waals surface area contributed by atoms with E-state index in [1.54, 1.807) is 6.08 Å². The molecule has 1 spiro atoms. The number of ether oxygens (including phenoxy) is 2. The molecule has 52 heavy (non-hydrogen) atoms. The fourth-order valence-electron chi connectivity index (χ4n) is 6.66. The lowest BCUT2D eigenvalue weighted by atomic mass is 9.76. The van der Waals surface area contributed by atoms with Crippen LogP contribution >= 0.6 is 0 Å². The molecule has 2 aliphatic rings. The molecule has 0 fully saturated rings. The molecule has 0 aliphatic carbocycles. The van der Waals surface area contributed by atoms with Crippen LogP contribution in [0.2, 0.25) is 0 Å². The van der Waals surface area contributed by atoms with Crippen LogP contribution in [0, 0.1) is 0 Å². The second kappa shape index (κ2) is 17.3. The van der Waals surface area contributed by atoms with E-state index in [1.165, 1.54) is 17.0 Å². The molecule has 12 nitrogen and oxygen atoms in total. The van der Waals surface area contributed by atoms with Gasteiger partial charge in [-0.2, -0.15) is 22.0 Å². The Balaban J connectivity index is 1.60. The average molecular weight is 739 g/mol. The summed E-state index contributed by atoms with van der Waals surface area (Å²) in [6.45, 7) is -0.728. The Hall–Kier alpha value is -4.58. The van der Waals surface area contributed by atoms with Crippen molar-refractivity contribution in [1.29, 1.82) is 0 Å². The molecule has 2 aromatic rings. The number of carbonyl (C=O) groups is 5. The van der Waals surface area contributed by atoms with E-state index in [0.717, 1.165) is 21.1 Å². The number of anilines is 1. The van der Waals surface area contributed by atoms with Gasteiger partial charge in [0, 0.05) is 49.5 Å². The minimum absolute atomic E-state index is 0.0606. The fourth-order valence-corrected chi connectivity index (χ4v) is 6.66. The monoisotopic (exact) mass is 738 g/mol. The van der Waals surface area contributed by atoms with Crippen molar-refractivity contribution >= 4 is 41.9 Å². The van der Waals surface area contributed by atoms with Gasteiger partial charge in [-0.1, -0.05) is 18.2 Å². The first-order chi connectivity index (χ1) is 24.5. The van der Waals surface area contributed by atoms with Crippen LogP contribution < -0.4 is 9.64 Å². The predicted molar refractivity (Wildman–Crippen MR) is 177 cm³/mol. The van der Waals surface area contributed by atoms with Crippen molar-refractivity contribution in [2.75, 3.05) is 77.0 Å². The molecule has 282 valence electrons. The number of para-hydroxylation sites is 1. The van der Waals surface area contributed by atoms with Crippen LogP contribution in [0.25, 0.3) is 6.08 Å². The van der Waals surface area contributed by atoms with Crippen LogP contribution in [0.3, 0.4) is 0 Å². The highest BCUT2D eigenvalue weighted by Crippen LogP contribution is 2.55. The van der Waals surface area contributed by atoms with Gasteiger partial charge in [0.05, 0.1) is 51.4 Å². The van der Waals surface area contributed by atoms with Crippen molar-refractivity contribution in [2.24, 2.45) is 0 Å². The summed E-state index contributed by atoms with van der Waals surface area (Å²) in [6.07, 6.45) is 3.57. The number of hydrogen-bond acceptors (Lipinski definition) is 12. The predicted octanol–water partition coefficient (Wildman–Crippen LogP) is 3.20. The first-order valence-corrected chi connectivity index (χ1v) is 16.3. The molecular weight excluding hydrogens is 699 g/mol. The summed E-state index contributed by atoms with van der Waals surface area (Å²) >= 11 is 0. The number of halogens is 5. The lowest BCUT2D eigenvalue weighted by Gasteiger charge is -2.47. The van der Waals surface area contributed by atoms with E-state index in [-0.39, 0.29) is 57.4 Å². The molecule has 2 aliphatic heterocycles. The van der Waals surface area contributed by atoms with Crippen molar-refractivity contribution in [1.82, 2.24) is 14.7 Å². The lowest BCUT2D eigenvalue weighted by Crippen LogP contribution is -2.60. The first-order valence-electron chi connectivity index (χ1n) is 16.3. The maximum Gasteiger partial charge on any atom is 0.315 e. The maximum absolute atomic E-state index is 13.8. The minimum Gasteiger partial charge on any atom is -0.508 e. The normalized spacial score (nSPS) is 17.1. The molecule has 2 heterocycles. The van der Waals surface area contributed by atoms with Gasteiger partial charge < -0.3 is 19.5 Å². The zero-order chi connectivity index (χ0) is 38.2. The van der Waals surface area contributed by atoms with Gasteiger partial charge in [-0.15, -0.1) is 0 Å². The Morgan fingerprint density at radius 2 is 1.31 bits per heavy atom. The van der Waals surface area contributed by atoms with Gasteiger partial charge in [0.25, 0.3) is 0 Å². The van der Waals surface area contributed by atoms with Gasteiger partial charge in [-0.05, 0) is 49.8 Å². The molecule has 2 aromatic carbocycles. The Kier molecular flexibility index (Phi) is 13.4. The number of hydrogen-bond donors (Lipinski definition) is 1. The molecule has 0 bridgehead atoms. The van der Waals surface area contributed by atoms with Crippen molar-refractivity contribution in [3.05, 3.63) is 59.2 Å². The smallest absolute Gasteiger partial charge is 0.315 e. The van der Waals surface area contributed by atoms with Gasteiger partial charge in [-0.3, -0.25) is 38.7 Å². The van der Waals surface area contributed by atoms with Gasteiger partial charge in [0.2, 0.25) is 5.72 Å². The number of phenols is 1. The van der Waals surface area contributed by atoms with Crippen LogP contribution in [-0.4, -0.2) is 128 Å². The Labute approximate surface area is 296 Å². The van der Waals surface area contributed by atoms with Gasteiger partial charge in [0.15, 0.2) is 0 Å².